The molecule has 4 nitrogen and oxygen atoms in total. The molecule has 0 unspecified atom stereocenters. The lowest BCUT2D eigenvalue weighted by molar-refractivity contribution is 0.297. The number of halogens is 1. The van der Waals surface area contributed by atoms with Crippen LogP contribution >= 0.6 is 11.6 Å². The molecule has 19 heavy (non-hydrogen) atoms. The van der Waals surface area contributed by atoms with Crippen LogP contribution in [0, 0.1) is 6.92 Å². The Bertz CT molecular complexity index is 724. The van der Waals surface area contributed by atoms with Crippen molar-refractivity contribution in [1.82, 2.24) is 15.0 Å². The number of nitrogens with one attached hydrogen (secondary N) is 1. The van der Waals surface area contributed by atoms with E-state index in [-0.39, 0.29) is 0 Å². The van der Waals surface area contributed by atoms with E-state index in [4.69, 9.17) is 16.3 Å². The number of pyridine rings is 1. The molecule has 3 rings (SSSR count). The van der Waals surface area contributed by atoms with Crippen molar-refractivity contribution in [2.24, 2.45) is 0 Å². The minimum absolute atomic E-state index is 0.357. The van der Waals surface area contributed by atoms with E-state index in [2.05, 4.69) is 15.0 Å². The summed E-state index contributed by atoms with van der Waals surface area (Å²) in [7, 11) is 0. The monoisotopic (exact) mass is 273 g/mol. The maximum atomic E-state index is 5.90. The van der Waals surface area contributed by atoms with E-state index >= 15 is 0 Å². The van der Waals surface area contributed by atoms with Crippen LogP contribution in [-0.2, 0) is 6.61 Å². The van der Waals surface area contributed by atoms with Crippen LogP contribution in [0.3, 0.4) is 0 Å². The van der Waals surface area contributed by atoms with Gasteiger partial charge in [-0.25, -0.2) is 9.97 Å². The molecule has 0 aliphatic heterocycles. The quantitative estimate of drug-likeness (QED) is 0.795. The van der Waals surface area contributed by atoms with Crippen molar-refractivity contribution in [1.29, 1.82) is 0 Å². The van der Waals surface area contributed by atoms with Gasteiger partial charge in [-0.05, 0) is 36.8 Å². The van der Waals surface area contributed by atoms with E-state index in [0.717, 1.165) is 22.7 Å². The first-order chi connectivity index (χ1) is 9.22. The number of fused-ring (bicyclic) bond motifs is 1. The Morgan fingerprint density at radius 1 is 1.32 bits per heavy atom. The fourth-order valence-corrected chi connectivity index (χ4v) is 2.04. The maximum absolute atomic E-state index is 5.90. The number of rotatable bonds is 3. The van der Waals surface area contributed by atoms with Crippen LogP contribution in [0.25, 0.3) is 11.2 Å². The molecule has 2 aromatic heterocycles. The van der Waals surface area contributed by atoms with E-state index < -0.39 is 0 Å². The predicted molar refractivity (Wildman–Crippen MR) is 74.4 cm³/mol. The van der Waals surface area contributed by atoms with Crippen LogP contribution in [0.1, 0.15) is 11.4 Å². The molecule has 0 aliphatic rings. The molecule has 0 radical (unpaired) electrons. The zero-order valence-electron chi connectivity index (χ0n) is 10.4. The van der Waals surface area contributed by atoms with Gasteiger partial charge in [0.25, 0.3) is 0 Å². The molecule has 3 aromatic rings. The van der Waals surface area contributed by atoms with Crippen LogP contribution in [0.15, 0.2) is 36.5 Å². The molecule has 96 valence electrons. The minimum atomic E-state index is 0.357. The van der Waals surface area contributed by atoms with Crippen molar-refractivity contribution in [3.05, 3.63) is 52.9 Å². The van der Waals surface area contributed by atoms with Gasteiger partial charge in [0.1, 0.15) is 18.2 Å². The molecule has 0 bridgehead atoms. The SMILES string of the molecule is Cc1ccnc2nc(COc3cccc(Cl)c3)[nH]c12. The van der Waals surface area contributed by atoms with E-state index in [0.29, 0.717) is 17.3 Å². The highest BCUT2D eigenvalue weighted by Gasteiger charge is 2.06. The summed E-state index contributed by atoms with van der Waals surface area (Å²) < 4.78 is 5.64. The van der Waals surface area contributed by atoms with E-state index in [9.17, 15) is 0 Å². The lowest BCUT2D eigenvalue weighted by Gasteiger charge is -2.03. The second-order valence-electron chi connectivity index (χ2n) is 4.26. The van der Waals surface area contributed by atoms with Gasteiger partial charge in [-0.2, -0.15) is 0 Å². The lowest BCUT2D eigenvalue weighted by atomic mass is 10.3. The normalized spacial score (nSPS) is 10.8. The Labute approximate surface area is 115 Å². The van der Waals surface area contributed by atoms with Crippen molar-refractivity contribution in [3.63, 3.8) is 0 Å². The standard InChI is InChI=1S/C14H12ClN3O/c1-9-5-6-16-14-13(9)17-12(18-14)8-19-11-4-2-3-10(15)7-11/h2-7H,8H2,1H3,(H,16,17,18). The van der Waals surface area contributed by atoms with Crippen molar-refractivity contribution in [2.45, 2.75) is 13.5 Å². The summed E-state index contributed by atoms with van der Waals surface area (Å²) in [6.45, 7) is 2.37. The highest BCUT2D eigenvalue weighted by atomic mass is 35.5. The fourth-order valence-electron chi connectivity index (χ4n) is 1.86. The van der Waals surface area contributed by atoms with E-state index in [1.165, 1.54) is 0 Å². The summed E-state index contributed by atoms with van der Waals surface area (Å²) in [5.41, 5.74) is 2.78. The summed E-state index contributed by atoms with van der Waals surface area (Å²) in [6.07, 6.45) is 1.75. The highest BCUT2D eigenvalue weighted by molar-refractivity contribution is 6.30. The molecule has 0 saturated heterocycles. The first-order valence-electron chi connectivity index (χ1n) is 5.91. The van der Waals surface area contributed by atoms with Crippen LogP contribution in [0.5, 0.6) is 5.75 Å². The Kier molecular flexibility index (Phi) is 3.09. The molecule has 1 aromatic carbocycles. The number of H-pyrrole nitrogens is 1. The molecular weight excluding hydrogens is 262 g/mol. The molecule has 2 heterocycles. The number of hydrogen-bond acceptors (Lipinski definition) is 3. The summed E-state index contributed by atoms with van der Waals surface area (Å²) >= 11 is 5.90. The molecule has 0 fully saturated rings. The molecule has 0 atom stereocenters. The van der Waals surface area contributed by atoms with Crippen molar-refractivity contribution < 1.29 is 4.74 Å². The van der Waals surface area contributed by atoms with E-state index in [1.54, 1.807) is 12.3 Å². The van der Waals surface area contributed by atoms with E-state index in [1.807, 2.05) is 31.2 Å². The minimum Gasteiger partial charge on any atom is -0.486 e. The average Bonchev–Trinajstić information content (AvgIpc) is 2.81. The highest BCUT2D eigenvalue weighted by Crippen LogP contribution is 2.19. The van der Waals surface area contributed by atoms with Gasteiger partial charge in [-0.1, -0.05) is 17.7 Å². The maximum Gasteiger partial charge on any atom is 0.178 e. The number of aromatic amines is 1. The predicted octanol–water partition coefficient (Wildman–Crippen LogP) is 3.50. The van der Waals surface area contributed by atoms with Gasteiger partial charge in [0, 0.05) is 11.2 Å². The Balaban J connectivity index is 1.80. The van der Waals surface area contributed by atoms with Crippen LogP contribution < -0.4 is 4.74 Å². The number of aromatic nitrogens is 3. The lowest BCUT2D eigenvalue weighted by Crippen LogP contribution is -1.97. The Hall–Kier alpha value is -2.07. The summed E-state index contributed by atoms with van der Waals surface area (Å²) in [6, 6.07) is 9.23. The topological polar surface area (TPSA) is 50.8 Å². The fraction of sp³-hybridized carbons (Fsp3) is 0.143. The summed E-state index contributed by atoms with van der Waals surface area (Å²) in [5.74, 6) is 1.47. The number of hydrogen-bond donors (Lipinski definition) is 1. The molecule has 0 spiro atoms. The molecule has 0 aliphatic carbocycles. The Morgan fingerprint density at radius 3 is 3.00 bits per heavy atom. The summed E-state index contributed by atoms with van der Waals surface area (Å²) in [4.78, 5) is 11.8. The van der Waals surface area contributed by atoms with Gasteiger partial charge in [0.15, 0.2) is 5.65 Å². The zero-order valence-corrected chi connectivity index (χ0v) is 11.1. The number of imidazole rings is 1. The van der Waals surface area contributed by atoms with Gasteiger partial charge in [-0.3, -0.25) is 0 Å². The van der Waals surface area contributed by atoms with Crippen LogP contribution in [0.2, 0.25) is 5.02 Å². The number of aryl methyl sites for hydroxylation is 1. The van der Waals surface area contributed by atoms with Gasteiger partial charge >= 0.3 is 0 Å². The molecule has 5 heteroatoms. The van der Waals surface area contributed by atoms with Crippen LogP contribution in [0.4, 0.5) is 0 Å². The smallest absolute Gasteiger partial charge is 0.178 e. The third-order valence-corrected chi connectivity index (χ3v) is 3.06. The first kappa shape index (κ1) is 12.0. The Morgan fingerprint density at radius 2 is 2.21 bits per heavy atom. The molecular formula is C14H12ClN3O. The number of nitrogens with zero attached hydrogens (tertiary/aromatic N) is 2. The van der Waals surface area contributed by atoms with Gasteiger partial charge in [0.2, 0.25) is 0 Å². The first-order valence-corrected chi connectivity index (χ1v) is 6.29. The molecule has 0 amide bonds. The van der Waals surface area contributed by atoms with Gasteiger partial charge < -0.3 is 9.72 Å². The third-order valence-electron chi connectivity index (χ3n) is 2.82. The van der Waals surface area contributed by atoms with Crippen molar-refractivity contribution >= 4 is 22.8 Å². The largest absolute Gasteiger partial charge is 0.486 e. The van der Waals surface area contributed by atoms with Crippen molar-refractivity contribution in [2.75, 3.05) is 0 Å². The van der Waals surface area contributed by atoms with Crippen LogP contribution in [-0.4, -0.2) is 15.0 Å². The van der Waals surface area contributed by atoms with Gasteiger partial charge in [-0.15, -0.1) is 0 Å². The average molecular weight is 274 g/mol. The molecule has 1 N–H and O–H groups in total. The van der Waals surface area contributed by atoms with Gasteiger partial charge in [0.05, 0.1) is 5.52 Å². The number of benzene rings is 1. The molecule has 0 saturated carbocycles. The third kappa shape index (κ3) is 2.53. The summed E-state index contributed by atoms with van der Waals surface area (Å²) in [5, 5.41) is 0.652. The van der Waals surface area contributed by atoms with Crippen molar-refractivity contribution in [3.8, 4) is 5.75 Å². The number of ether oxygens (including phenoxy) is 1. The second kappa shape index (κ2) is 4.90. The zero-order chi connectivity index (χ0) is 13.2. The second-order valence-corrected chi connectivity index (χ2v) is 4.69.